The van der Waals surface area contributed by atoms with E-state index in [-0.39, 0.29) is 6.61 Å². The highest BCUT2D eigenvalue weighted by atomic mass is 16.5. The third kappa shape index (κ3) is 3.28. The van der Waals surface area contributed by atoms with Crippen LogP contribution < -0.4 is 0 Å². The lowest BCUT2D eigenvalue weighted by atomic mass is 10.1. The zero-order valence-electron chi connectivity index (χ0n) is 9.51. The topological polar surface area (TPSA) is 60.2 Å². The van der Waals surface area contributed by atoms with Crippen molar-refractivity contribution in [1.82, 2.24) is 15.0 Å². The molecule has 0 radical (unpaired) electrons. The van der Waals surface area contributed by atoms with E-state index in [0.29, 0.717) is 12.5 Å². The minimum atomic E-state index is 0.134. The van der Waals surface area contributed by atoms with E-state index >= 15 is 0 Å². The molecule has 0 aliphatic carbocycles. The van der Waals surface area contributed by atoms with Crippen LogP contribution in [0.15, 0.2) is 6.20 Å². The van der Waals surface area contributed by atoms with Gasteiger partial charge in [0.2, 0.25) is 0 Å². The number of hydrogen-bond acceptors (Lipinski definition) is 4. The predicted molar refractivity (Wildman–Crippen MR) is 59.0 cm³/mol. The van der Waals surface area contributed by atoms with Gasteiger partial charge in [0.1, 0.15) is 0 Å². The SMILES string of the molecule is OCCc1cn(CCCC2CCCO2)nn1. The molecular weight excluding hydrogens is 206 g/mol. The van der Waals surface area contributed by atoms with Gasteiger partial charge in [0.15, 0.2) is 0 Å². The highest BCUT2D eigenvalue weighted by Gasteiger charge is 2.14. The molecule has 1 unspecified atom stereocenters. The highest BCUT2D eigenvalue weighted by Crippen LogP contribution is 2.16. The van der Waals surface area contributed by atoms with E-state index < -0.39 is 0 Å². The summed E-state index contributed by atoms with van der Waals surface area (Å²) < 4.78 is 7.40. The van der Waals surface area contributed by atoms with Crippen molar-refractivity contribution >= 4 is 0 Å². The van der Waals surface area contributed by atoms with E-state index in [1.807, 2.05) is 10.9 Å². The molecule has 1 atom stereocenters. The van der Waals surface area contributed by atoms with Crippen LogP contribution in [0.25, 0.3) is 0 Å². The zero-order valence-corrected chi connectivity index (χ0v) is 9.51. The van der Waals surface area contributed by atoms with Gasteiger partial charge in [-0.3, -0.25) is 4.68 Å². The molecule has 0 aromatic carbocycles. The molecule has 1 saturated heterocycles. The van der Waals surface area contributed by atoms with Gasteiger partial charge in [0.05, 0.1) is 11.8 Å². The standard InChI is InChI=1S/C11H19N3O2/c15-7-5-10-9-14(13-12-10)6-1-3-11-4-2-8-16-11/h9,11,15H,1-8H2. The Morgan fingerprint density at radius 3 is 3.25 bits per heavy atom. The lowest BCUT2D eigenvalue weighted by Crippen LogP contribution is -2.07. The van der Waals surface area contributed by atoms with Gasteiger partial charge < -0.3 is 9.84 Å². The van der Waals surface area contributed by atoms with Gasteiger partial charge in [0, 0.05) is 32.4 Å². The summed E-state index contributed by atoms with van der Waals surface area (Å²) in [6.07, 6.45) is 7.54. The molecule has 2 heterocycles. The van der Waals surface area contributed by atoms with Gasteiger partial charge in [-0.05, 0) is 25.7 Å². The molecule has 1 fully saturated rings. The molecule has 1 N–H and O–H groups in total. The molecule has 5 heteroatoms. The number of aromatic nitrogens is 3. The Morgan fingerprint density at radius 2 is 2.50 bits per heavy atom. The predicted octanol–water partition coefficient (Wildman–Crippen LogP) is 0.772. The van der Waals surface area contributed by atoms with E-state index in [4.69, 9.17) is 9.84 Å². The van der Waals surface area contributed by atoms with E-state index in [1.54, 1.807) is 0 Å². The fraction of sp³-hybridized carbons (Fsp3) is 0.818. The summed E-state index contributed by atoms with van der Waals surface area (Å²) >= 11 is 0. The van der Waals surface area contributed by atoms with Crippen LogP contribution in [0.2, 0.25) is 0 Å². The summed E-state index contributed by atoms with van der Waals surface area (Å²) in [5.41, 5.74) is 0.861. The van der Waals surface area contributed by atoms with Crippen molar-refractivity contribution in [1.29, 1.82) is 0 Å². The molecule has 0 amide bonds. The Hall–Kier alpha value is -0.940. The minimum Gasteiger partial charge on any atom is -0.396 e. The normalized spacial score (nSPS) is 20.4. The Morgan fingerprint density at radius 1 is 1.56 bits per heavy atom. The van der Waals surface area contributed by atoms with Crippen molar-refractivity contribution in [3.63, 3.8) is 0 Å². The summed E-state index contributed by atoms with van der Waals surface area (Å²) in [5.74, 6) is 0. The Balaban J connectivity index is 1.67. The molecule has 16 heavy (non-hydrogen) atoms. The summed E-state index contributed by atoms with van der Waals surface area (Å²) in [4.78, 5) is 0. The van der Waals surface area contributed by atoms with Gasteiger partial charge in [-0.15, -0.1) is 5.10 Å². The fourth-order valence-corrected chi connectivity index (χ4v) is 2.03. The van der Waals surface area contributed by atoms with E-state index in [0.717, 1.165) is 31.7 Å². The summed E-state index contributed by atoms with van der Waals surface area (Å²) in [5, 5.41) is 16.7. The molecule has 5 nitrogen and oxygen atoms in total. The van der Waals surface area contributed by atoms with Crippen molar-refractivity contribution < 1.29 is 9.84 Å². The number of ether oxygens (including phenoxy) is 1. The molecular formula is C11H19N3O2. The lowest BCUT2D eigenvalue weighted by Gasteiger charge is -2.07. The maximum atomic E-state index is 8.76. The van der Waals surface area contributed by atoms with Crippen molar-refractivity contribution in [3.8, 4) is 0 Å². The van der Waals surface area contributed by atoms with Crippen molar-refractivity contribution in [3.05, 3.63) is 11.9 Å². The van der Waals surface area contributed by atoms with Gasteiger partial charge in [0.25, 0.3) is 0 Å². The maximum absolute atomic E-state index is 8.76. The fourth-order valence-electron chi connectivity index (χ4n) is 2.03. The summed E-state index contributed by atoms with van der Waals surface area (Å²) in [6, 6.07) is 0. The quantitative estimate of drug-likeness (QED) is 0.777. The monoisotopic (exact) mass is 225 g/mol. The van der Waals surface area contributed by atoms with Crippen LogP contribution in [-0.4, -0.2) is 39.4 Å². The minimum absolute atomic E-state index is 0.134. The second-order valence-corrected chi connectivity index (χ2v) is 4.22. The average molecular weight is 225 g/mol. The molecule has 90 valence electrons. The van der Waals surface area contributed by atoms with Crippen molar-refractivity contribution in [2.75, 3.05) is 13.2 Å². The Bertz CT molecular complexity index is 308. The zero-order chi connectivity index (χ0) is 11.2. The largest absolute Gasteiger partial charge is 0.396 e. The first-order valence-corrected chi connectivity index (χ1v) is 6.00. The van der Waals surface area contributed by atoms with Gasteiger partial charge in [-0.1, -0.05) is 5.21 Å². The number of rotatable bonds is 6. The lowest BCUT2D eigenvalue weighted by molar-refractivity contribution is 0.101. The molecule has 0 saturated carbocycles. The Kier molecular flexibility index (Phi) is 4.30. The number of aliphatic hydroxyl groups is 1. The third-order valence-corrected chi connectivity index (χ3v) is 2.89. The van der Waals surface area contributed by atoms with Crippen LogP contribution in [0.4, 0.5) is 0 Å². The Labute approximate surface area is 95.4 Å². The second-order valence-electron chi connectivity index (χ2n) is 4.22. The first kappa shape index (κ1) is 11.5. The van der Waals surface area contributed by atoms with Crippen LogP contribution >= 0.6 is 0 Å². The first-order chi connectivity index (χ1) is 7.88. The molecule has 0 bridgehead atoms. The van der Waals surface area contributed by atoms with Gasteiger partial charge in [-0.2, -0.15) is 0 Å². The third-order valence-electron chi connectivity index (χ3n) is 2.89. The molecule has 1 aliphatic rings. The number of nitrogens with zero attached hydrogens (tertiary/aromatic N) is 3. The van der Waals surface area contributed by atoms with Crippen molar-refractivity contribution in [2.45, 2.75) is 44.8 Å². The highest BCUT2D eigenvalue weighted by molar-refractivity contribution is 4.91. The van der Waals surface area contributed by atoms with Crippen LogP contribution in [0.5, 0.6) is 0 Å². The first-order valence-electron chi connectivity index (χ1n) is 6.00. The van der Waals surface area contributed by atoms with E-state index in [1.165, 1.54) is 12.8 Å². The molecule has 1 aromatic rings. The summed E-state index contributed by atoms with van der Waals surface area (Å²) in [6.45, 7) is 1.95. The van der Waals surface area contributed by atoms with Crippen LogP contribution in [0, 0.1) is 0 Å². The van der Waals surface area contributed by atoms with Crippen LogP contribution in [0.1, 0.15) is 31.4 Å². The second kappa shape index (κ2) is 5.96. The number of hydrogen-bond donors (Lipinski definition) is 1. The average Bonchev–Trinajstić information content (AvgIpc) is 2.90. The van der Waals surface area contributed by atoms with Crippen LogP contribution in [0.3, 0.4) is 0 Å². The summed E-state index contributed by atoms with van der Waals surface area (Å²) in [7, 11) is 0. The smallest absolute Gasteiger partial charge is 0.0849 e. The van der Waals surface area contributed by atoms with Gasteiger partial charge in [-0.25, -0.2) is 0 Å². The molecule has 1 aromatic heterocycles. The number of aliphatic hydroxyl groups excluding tert-OH is 1. The van der Waals surface area contributed by atoms with E-state index in [9.17, 15) is 0 Å². The van der Waals surface area contributed by atoms with Gasteiger partial charge >= 0.3 is 0 Å². The van der Waals surface area contributed by atoms with E-state index in [2.05, 4.69) is 10.3 Å². The van der Waals surface area contributed by atoms with Crippen molar-refractivity contribution in [2.24, 2.45) is 0 Å². The molecule has 1 aliphatic heterocycles. The van der Waals surface area contributed by atoms with Crippen LogP contribution in [-0.2, 0) is 17.7 Å². The molecule has 2 rings (SSSR count). The molecule has 0 spiro atoms. The maximum Gasteiger partial charge on any atom is 0.0849 e. The number of aryl methyl sites for hydroxylation is 1.